The van der Waals surface area contributed by atoms with Crippen LogP contribution >= 0.6 is 11.3 Å². The SMILES string of the molecule is C1=Cc2c(c3cc4c(cc3n2C2N=C(c3ccccc3)NC(c3ccccc3)N2)sc2ccccc24)CC1. The molecule has 2 unspecified atom stereocenters. The number of fused-ring (bicyclic) bond motifs is 6. The molecule has 4 aromatic carbocycles. The molecule has 8 rings (SSSR count). The normalized spacial score (nSPS) is 19.0. The molecule has 38 heavy (non-hydrogen) atoms. The lowest BCUT2D eigenvalue weighted by Crippen LogP contribution is -2.46. The third-order valence-corrected chi connectivity index (χ3v) is 8.89. The summed E-state index contributed by atoms with van der Waals surface area (Å²) in [5.41, 5.74) is 6.20. The molecule has 3 heterocycles. The van der Waals surface area contributed by atoms with Crippen LogP contribution < -0.4 is 10.6 Å². The zero-order valence-electron chi connectivity index (χ0n) is 20.8. The summed E-state index contributed by atoms with van der Waals surface area (Å²) in [6.07, 6.45) is 6.39. The maximum Gasteiger partial charge on any atom is 0.184 e. The summed E-state index contributed by atoms with van der Waals surface area (Å²) in [7, 11) is 0. The van der Waals surface area contributed by atoms with Crippen LogP contribution in [0.25, 0.3) is 37.2 Å². The highest BCUT2D eigenvalue weighted by molar-refractivity contribution is 7.25. The van der Waals surface area contributed by atoms with Gasteiger partial charge in [-0.15, -0.1) is 11.3 Å². The first kappa shape index (κ1) is 21.9. The van der Waals surface area contributed by atoms with Crippen LogP contribution in [0.4, 0.5) is 0 Å². The molecule has 0 amide bonds. The summed E-state index contributed by atoms with van der Waals surface area (Å²) in [5.74, 6) is 0.904. The number of benzene rings is 4. The third-order valence-electron chi connectivity index (χ3n) is 7.76. The van der Waals surface area contributed by atoms with E-state index < -0.39 is 0 Å². The van der Waals surface area contributed by atoms with Gasteiger partial charge in [-0.3, -0.25) is 5.32 Å². The Morgan fingerprint density at radius 2 is 1.58 bits per heavy atom. The fourth-order valence-electron chi connectivity index (χ4n) is 5.98. The van der Waals surface area contributed by atoms with E-state index in [1.54, 1.807) is 0 Å². The molecule has 2 aliphatic rings. The van der Waals surface area contributed by atoms with Crippen LogP contribution in [0.15, 0.2) is 108 Å². The number of hydrogen-bond donors (Lipinski definition) is 2. The van der Waals surface area contributed by atoms with Gasteiger partial charge in [0.05, 0.1) is 5.52 Å². The van der Waals surface area contributed by atoms with Crippen LogP contribution in [0.1, 0.15) is 41.3 Å². The van der Waals surface area contributed by atoms with E-state index in [1.807, 2.05) is 17.4 Å². The molecule has 1 aliphatic carbocycles. The fourth-order valence-corrected chi connectivity index (χ4v) is 7.10. The number of nitrogens with zero attached hydrogens (tertiary/aromatic N) is 2. The van der Waals surface area contributed by atoms with Crippen molar-refractivity contribution in [1.29, 1.82) is 0 Å². The number of aryl methyl sites for hydroxylation is 1. The number of hydrogen-bond acceptors (Lipinski definition) is 4. The van der Waals surface area contributed by atoms with Crippen molar-refractivity contribution in [3.63, 3.8) is 0 Å². The molecule has 2 N–H and O–H groups in total. The number of aromatic nitrogens is 1. The topological polar surface area (TPSA) is 41.4 Å². The van der Waals surface area contributed by atoms with Gasteiger partial charge in [0, 0.05) is 36.8 Å². The van der Waals surface area contributed by atoms with Crippen molar-refractivity contribution < 1.29 is 0 Å². The lowest BCUT2D eigenvalue weighted by atomic mass is 10.00. The molecule has 2 atom stereocenters. The van der Waals surface area contributed by atoms with Crippen LogP contribution in [0.2, 0.25) is 0 Å². The molecule has 4 nitrogen and oxygen atoms in total. The first-order valence-corrected chi connectivity index (χ1v) is 14.0. The average molecular weight is 511 g/mol. The van der Waals surface area contributed by atoms with Gasteiger partial charge in [-0.2, -0.15) is 0 Å². The maximum atomic E-state index is 5.28. The molecule has 6 aromatic rings. The van der Waals surface area contributed by atoms with E-state index in [-0.39, 0.29) is 12.5 Å². The minimum absolute atomic E-state index is 0.0670. The summed E-state index contributed by atoms with van der Waals surface area (Å²) < 4.78 is 5.08. The average Bonchev–Trinajstić information content (AvgIpc) is 3.51. The third kappa shape index (κ3) is 3.43. The Balaban J connectivity index is 1.37. The number of rotatable bonds is 3. The predicted octanol–water partition coefficient (Wildman–Crippen LogP) is 7.76. The molecule has 0 saturated carbocycles. The van der Waals surface area contributed by atoms with E-state index in [9.17, 15) is 0 Å². The zero-order chi connectivity index (χ0) is 25.1. The first-order valence-electron chi connectivity index (χ1n) is 13.2. The van der Waals surface area contributed by atoms with Crippen LogP contribution in [0.3, 0.4) is 0 Å². The second-order valence-electron chi connectivity index (χ2n) is 10.0. The van der Waals surface area contributed by atoms with Crippen LogP contribution in [-0.2, 0) is 6.42 Å². The molecule has 0 bridgehead atoms. The molecular weight excluding hydrogens is 484 g/mol. The van der Waals surface area contributed by atoms with Gasteiger partial charge in [-0.05, 0) is 48.2 Å². The van der Waals surface area contributed by atoms with Gasteiger partial charge < -0.3 is 9.88 Å². The minimum Gasteiger partial charge on any atom is -0.350 e. The summed E-state index contributed by atoms with van der Waals surface area (Å²) in [4.78, 5) is 5.28. The van der Waals surface area contributed by atoms with Crippen molar-refractivity contribution in [2.45, 2.75) is 25.3 Å². The Bertz CT molecular complexity index is 1880. The molecule has 0 saturated heterocycles. The quantitative estimate of drug-likeness (QED) is 0.255. The molecular formula is C33H26N4S. The lowest BCUT2D eigenvalue weighted by molar-refractivity contribution is 0.334. The molecule has 5 heteroatoms. The van der Waals surface area contributed by atoms with Gasteiger partial charge in [0.25, 0.3) is 0 Å². The van der Waals surface area contributed by atoms with Crippen molar-refractivity contribution in [2.75, 3.05) is 0 Å². The molecule has 1 aliphatic heterocycles. The van der Waals surface area contributed by atoms with E-state index in [0.717, 1.165) is 24.2 Å². The Labute approximate surface area is 224 Å². The Kier molecular flexibility index (Phi) is 5.00. The highest BCUT2D eigenvalue weighted by Crippen LogP contribution is 2.41. The lowest BCUT2D eigenvalue weighted by Gasteiger charge is -2.33. The number of amidine groups is 1. The van der Waals surface area contributed by atoms with E-state index in [1.165, 1.54) is 47.9 Å². The first-order chi connectivity index (χ1) is 18.8. The van der Waals surface area contributed by atoms with Gasteiger partial charge in [-0.1, -0.05) is 84.9 Å². The highest BCUT2D eigenvalue weighted by atomic mass is 32.1. The Morgan fingerprint density at radius 3 is 2.45 bits per heavy atom. The van der Waals surface area contributed by atoms with Gasteiger partial charge in [0.2, 0.25) is 0 Å². The molecule has 0 fully saturated rings. The second kappa shape index (κ2) is 8.69. The number of allylic oxidation sites excluding steroid dienone is 1. The molecule has 0 spiro atoms. The van der Waals surface area contributed by atoms with Crippen molar-refractivity contribution in [1.82, 2.24) is 15.2 Å². The van der Waals surface area contributed by atoms with E-state index >= 15 is 0 Å². The van der Waals surface area contributed by atoms with Crippen molar-refractivity contribution in [3.05, 3.63) is 126 Å². The van der Waals surface area contributed by atoms with Crippen molar-refractivity contribution in [2.24, 2.45) is 4.99 Å². The molecule has 184 valence electrons. The van der Waals surface area contributed by atoms with Gasteiger partial charge in [0.1, 0.15) is 12.0 Å². The predicted molar refractivity (Wildman–Crippen MR) is 160 cm³/mol. The monoisotopic (exact) mass is 510 g/mol. The summed E-state index contributed by atoms with van der Waals surface area (Å²) in [6, 6.07) is 34.6. The summed E-state index contributed by atoms with van der Waals surface area (Å²) >= 11 is 1.87. The standard InChI is InChI=1S/C33H26N4S/c1-3-11-21(12-4-1)31-34-32(22-13-5-2-6-14-22)36-33(35-31)37-27-17-9-7-15-23(27)25-19-26-24-16-8-10-18-29(24)38-30(26)20-28(25)37/h1-6,8-14,16-20,31,33,35H,7,15H2,(H,34,36). The Hall–Kier alpha value is -4.19. The largest absolute Gasteiger partial charge is 0.350 e. The van der Waals surface area contributed by atoms with Gasteiger partial charge in [0.15, 0.2) is 6.29 Å². The number of nitrogens with one attached hydrogen (secondary N) is 2. The molecule has 2 aromatic heterocycles. The van der Waals surface area contributed by atoms with Crippen LogP contribution in [0, 0.1) is 0 Å². The van der Waals surface area contributed by atoms with Crippen LogP contribution in [0.5, 0.6) is 0 Å². The smallest absolute Gasteiger partial charge is 0.184 e. The van der Waals surface area contributed by atoms with Crippen molar-refractivity contribution >= 4 is 54.3 Å². The van der Waals surface area contributed by atoms with Gasteiger partial charge in [-0.25, -0.2) is 4.99 Å². The van der Waals surface area contributed by atoms with E-state index in [4.69, 9.17) is 4.99 Å². The summed E-state index contributed by atoms with van der Waals surface area (Å²) in [5, 5.41) is 11.5. The highest BCUT2D eigenvalue weighted by Gasteiger charge is 2.29. The van der Waals surface area contributed by atoms with Gasteiger partial charge >= 0.3 is 0 Å². The van der Waals surface area contributed by atoms with E-state index in [0.29, 0.717) is 0 Å². The second-order valence-corrected chi connectivity index (χ2v) is 11.1. The minimum atomic E-state index is -0.252. The molecule has 0 radical (unpaired) electrons. The number of thiophene rings is 1. The number of aliphatic imine (C=N–C) groups is 1. The van der Waals surface area contributed by atoms with Crippen molar-refractivity contribution in [3.8, 4) is 0 Å². The van der Waals surface area contributed by atoms with Crippen LogP contribution in [-0.4, -0.2) is 10.4 Å². The zero-order valence-corrected chi connectivity index (χ0v) is 21.6. The fraction of sp³-hybridized carbons (Fsp3) is 0.121. The summed E-state index contributed by atoms with van der Waals surface area (Å²) in [6.45, 7) is 0. The Morgan fingerprint density at radius 1 is 0.789 bits per heavy atom. The van der Waals surface area contributed by atoms with E-state index in [2.05, 4.69) is 118 Å². The maximum absolute atomic E-state index is 5.28.